The van der Waals surface area contributed by atoms with Gasteiger partial charge in [0.05, 0.1) is 17.2 Å². The van der Waals surface area contributed by atoms with E-state index in [0.29, 0.717) is 6.54 Å². The van der Waals surface area contributed by atoms with Crippen molar-refractivity contribution in [2.24, 2.45) is 5.41 Å². The van der Waals surface area contributed by atoms with Gasteiger partial charge in [-0.3, -0.25) is 0 Å². The average Bonchev–Trinajstić information content (AvgIpc) is 3.00. The lowest BCUT2D eigenvalue weighted by molar-refractivity contribution is 0.599. The number of benzene rings is 1. The molecule has 2 rings (SSSR count). The molecule has 1 aromatic carbocycles. The highest BCUT2D eigenvalue weighted by Gasteiger charge is 2.42. The van der Waals surface area contributed by atoms with Crippen LogP contribution in [-0.2, 0) is 0 Å². The molecule has 1 fully saturated rings. The molecule has 0 heterocycles. The molecule has 0 aromatic heterocycles. The maximum absolute atomic E-state index is 13.2. The van der Waals surface area contributed by atoms with Crippen LogP contribution >= 0.6 is 0 Å². The van der Waals surface area contributed by atoms with E-state index in [4.69, 9.17) is 5.26 Å². The molecule has 0 saturated heterocycles. The Morgan fingerprint density at radius 1 is 1.40 bits per heavy atom. The van der Waals surface area contributed by atoms with E-state index in [1.807, 2.05) is 0 Å². The van der Waals surface area contributed by atoms with Crippen LogP contribution in [0.3, 0.4) is 0 Å². The summed E-state index contributed by atoms with van der Waals surface area (Å²) in [6, 6.07) is 5.42. The Kier molecular flexibility index (Phi) is 2.31. The Hall–Kier alpha value is -1.63. The van der Waals surface area contributed by atoms with Crippen LogP contribution in [0.5, 0.6) is 0 Å². The fraction of sp³-hybridized carbons (Fsp3) is 0.364. The van der Waals surface area contributed by atoms with Gasteiger partial charge in [-0.25, -0.2) is 8.78 Å². The fourth-order valence-electron chi connectivity index (χ4n) is 1.38. The minimum absolute atomic E-state index is 0.122. The van der Waals surface area contributed by atoms with E-state index in [9.17, 15) is 8.78 Å². The molecule has 1 aliphatic rings. The number of anilines is 1. The van der Waals surface area contributed by atoms with E-state index < -0.39 is 11.6 Å². The van der Waals surface area contributed by atoms with Crippen LogP contribution in [0.2, 0.25) is 0 Å². The summed E-state index contributed by atoms with van der Waals surface area (Å²) in [4.78, 5) is 0. The maximum atomic E-state index is 13.2. The molecule has 0 spiro atoms. The number of hydrogen-bond acceptors (Lipinski definition) is 2. The monoisotopic (exact) mass is 208 g/mol. The number of nitrogens with one attached hydrogen (secondary N) is 1. The fourth-order valence-corrected chi connectivity index (χ4v) is 1.38. The zero-order valence-electron chi connectivity index (χ0n) is 8.06. The number of hydrogen-bond donors (Lipinski definition) is 1. The van der Waals surface area contributed by atoms with Crippen molar-refractivity contribution in [2.45, 2.75) is 12.8 Å². The minimum Gasteiger partial charge on any atom is -0.381 e. The van der Waals surface area contributed by atoms with Crippen molar-refractivity contribution in [3.05, 3.63) is 29.8 Å². The van der Waals surface area contributed by atoms with Gasteiger partial charge in [-0.2, -0.15) is 5.26 Å². The van der Waals surface area contributed by atoms with Gasteiger partial charge >= 0.3 is 0 Å². The lowest BCUT2D eigenvalue weighted by Gasteiger charge is -2.10. The lowest BCUT2D eigenvalue weighted by Crippen LogP contribution is -2.14. The summed E-state index contributed by atoms with van der Waals surface area (Å²) in [6.07, 6.45) is 1.65. The van der Waals surface area contributed by atoms with E-state index in [2.05, 4.69) is 11.4 Å². The van der Waals surface area contributed by atoms with Crippen molar-refractivity contribution in [1.82, 2.24) is 0 Å². The second-order valence-electron chi connectivity index (χ2n) is 3.87. The zero-order chi connectivity index (χ0) is 10.9. The summed E-state index contributed by atoms with van der Waals surface area (Å²) in [5.41, 5.74) is -0.241. The molecule has 78 valence electrons. The molecule has 4 heteroatoms. The van der Waals surface area contributed by atoms with Crippen LogP contribution in [0, 0.1) is 28.4 Å². The summed E-state index contributed by atoms with van der Waals surface area (Å²) < 4.78 is 25.9. The molecule has 0 atom stereocenters. The summed E-state index contributed by atoms with van der Waals surface area (Å²) >= 11 is 0. The van der Waals surface area contributed by atoms with Gasteiger partial charge in [0.15, 0.2) is 0 Å². The molecule has 0 bridgehead atoms. The first-order valence-electron chi connectivity index (χ1n) is 4.75. The Morgan fingerprint density at radius 2 is 2.13 bits per heavy atom. The first-order chi connectivity index (χ1) is 7.15. The highest BCUT2D eigenvalue weighted by molar-refractivity contribution is 5.45. The Morgan fingerprint density at radius 3 is 2.73 bits per heavy atom. The van der Waals surface area contributed by atoms with Crippen LogP contribution < -0.4 is 5.32 Å². The van der Waals surface area contributed by atoms with Crippen molar-refractivity contribution in [3.8, 4) is 6.07 Å². The predicted molar refractivity (Wildman–Crippen MR) is 52.1 cm³/mol. The van der Waals surface area contributed by atoms with Gasteiger partial charge in [-0.1, -0.05) is 0 Å². The molecule has 2 nitrogen and oxygen atoms in total. The summed E-state index contributed by atoms with van der Waals surface area (Å²) in [6.45, 7) is 0.379. The van der Waals surface area contributed by atoms with Gasteiger partial charge in [0.1, 0.15) is 11.6 Å². The summed E-state index contributed by atoms with van der Waals surface area (Å²) in [7, 11) is 0. The molecule has 0 radical (unpaired) electrons. The molecule has 1 aliphatic carbocycles. The second kappa shape index (κ2) is 3.50. The average molecular weight is 208 g/mol. The van der Waals surface area contributed by atoms with Crippen LogP contribution in [0.1, 0.15) is 12.8 Å². The van der Waals surface area contributed by atoms with Gasteiger partial charge in [0, 0.05) is 6.54 Å². The summed E-state index contributed by atoms with van der Waals surface area (Å²) in [5.74, 6) is -0.981. The van der Waals surface area contributed by atoms with Crippen molar-refractivity contribution < 1.29 is 8.78 Å². The number of halogens is 2. The molecule has 1 saturated carbocycles. The highest BCUT2D eigenvalue weighted by Crippen LogP contribution is 2.44. The van der Waals surface area contributed by atoms with Crippen LogP contribution in [0.25, 0.3) is 0 Å². The van der Waals surface area contributed by atoms with Gasteiger partial charge in [-0.15, -0.1) is 0 Å². The lowest BCUT2D eigenvalue weighted by atomic mass is 10.1. The van der Waals surface area contributed by atoms with Crippen LogP contribution in [-0.4, -0.2) is 6.54 Å². The standard InChI is InChI=1S/C11H10F2N2/c12-8-1-2-9(13)10(5-8)15-7-11(6-14)3-4-11/h1-2,5,15H,3-4,7H2. The SMILES string of the molecule is N#CC1(CNc2cc(F)ccc2F)CC1. The first-order valence-corrected chi connectivity index (χ1v) is 4.75. The quantitative estimate of drug-likeness (QED) is 0.828. The molecule has 1 N–H and O–H groups in total. The minimum atomic E-state index is -0.495. The third-order valence-electron chi connectivity index (χ3n) is 2.64. The Labute approximate surface area is 86.5 Å². The van der Waals surface area contributed by atoms with Gasteiger partial charge in [0.25, 0.3) is 0 Å². The van der Waals surface area contributed by atoms with E-state index in [0.717, 1.165) is 31.0 Å². The molecule has 1 aromatic rings. The van der Waals surface area contributed by atoms with Crippen molar-refractivity contribution >= 4 is 5.69 Å². The highest BCUT2D eigenvalue weighted by atomic mass is 19.1. The van der Waals surface area contributed by atoms with Crippen molar-refractivity contribution in [1.29, 1.82) is 5.26 Å². The molecular weight excluding hydrogens is 198 g/mol. The van der Waals surface area contributed by atoms with Crippen LogP contribution in [0.15, 0.2) is 18.2 Å². The van der Waals surface area contributed by atoms with Gasteiger partial charge in [0.2, 0.25) is 0 Å². The smallest absolute Gasteiger partial charge is 0.146 e. The molecule has 15 heavy (non-hydrogen) atoms. The van der Waals surface area contributed by atoms with E-state index in [1.54, 1.807) is 0 Å². The molecule has 0 unspecified atom stereocenters. The van der Waals surface area contributed by atoms with E-state index in [1.165, 1.54) is 0 Å². The molecular formula is C11H10F2N2. The topological polar surface area (TPSA) is 35.8 Å². The zero-order valence-corrected chi connectivity index (χ0v) is 8.06. The number of nitriles is 1. The third kappa shape index (κ3) is 2.07. The third-order valence-corrected chi connectivity index (χ3v) is 2.64. The van der Waals surface area contributed by atoms with Crippen molar-refractivity contribution in [2.75, 3.05) is 11.9 Å². The second-order valence-corrected chi connectivity index (χ2v) is 3.87. The van der Waals surface area contributed by atoms with Gasteiger partial charge in [-0.05, 0) is 31.0 Å². The van der Waals surface area contributed by atoms with Gasteiger partial charge < -0.3 is 5.32 Å². The maximum Gasteiger partial charge on any atom is 0.146 e. The summed E-state index contributed by atoms with van der Waals surface area (Å²) in [5, 5.41) is 11.6. The normalized spacial score (nSPS) is 16.9. The first kappa shape index (κ1) is 9.91. The van der Waals surface area contributed by atoms with Crippen molar-refractivity contribution in [3.63, 3.8) is 0 Å². The Balaban J connectivity index is 2.05. The van der Waals surface area contributed by atoms with Crippen LogP contribution in [0.4, 0.5) is 14.5 Å². The predicted octanol–water partition coefficient (Wildman–Crippen LogP) is 2.68. The number of nitrogens with zero attached hydrogens (tertiary/aromatic N) is 1. The Bertz CT molecular complexity index is 419. The van der Waals surface area contributed by atoms with E-state index >= 15 is 0 Å². The molecule has 0 aliphatic heterocycles. The molecule has 0 amide bonds. The largest absolute Gasteiger partial charge is 0.381 e. The van der Waals surface area contributed by atoms with E-state index in [-0.39, 0.29) is 11.1 Å². The number of rotatable bonds is 3.